The van der Waals surface area contributed by atoms with Crippen molar-refractivity contribution in [2.24, 2.45) is 0 Å². The molecule has 0 atom stereocenters. The molecular weight excluding hydrogens is 188 g/mol. The number of hydrogen-bond acceptors (Lipinski definition) is 3. The first-order chi connectivity index (χ1) is 7.43. The van der Waals surface area contributed by atoms with Gasteiger partial charge in [-0.25, -0.2) is 0 Å². The number of benzene rings is 1. The average molecular weight is 204 g/mol. The molecule has 80 valence electrons. The summed E-state index contributed by atoms with van der Waals surface area (Å²) in [6, 6.07) is 8.89. The molecule has 0 aromatic heterocycles. The van der Waals surface area contributed by atoms with Gasteiger partial charge in [-0.1, -0.05) is 18.2 Å². The van der Waals surface area contributed by atoms with Gasteiger partial charge in [-0.3, -0.25) is 0 Å². The normalized spacial score (nSPS) is 22.4. The fourth-order valence-electron chi connectivity index (χ4n) is 2.35. The van der Waals surface area contributed by atoms with Crippen molar-refractivity contribution < 1.29 is 4.84 Å². The van der Waals surface area contributed by atoms with Crippen LogP contribution in [0.4, 0.5) is 0 Å². The van der Waals surface area contributed by atoms with Crippen LogP contribution in [0, 0.1) is 0 Å². The molecular formula is C12H16N2O. The van der Waals surface area contributed by atoms with Crippen molar-refractivity contribution in [3.05, 3.63) is 29.8 Å². The van der Waals surface area contributed by atoms with Crippen molar-refractivity contribution in [3.8, 4) is 5.75 Å². The lowest BCUT2D eigenvalue weighted by atomic mass is 10.1. The van der Waals surface area contributed by atoms with Gasteiger partial charge < -0.3 is 10.2 Å². The van der Waals surface area contributed by atoms with Crippen LogP contribution >= 0.6 is 0 Å². The van der Waals surface area contributed by atoms with Gasteiger partial charge in [0.05, 0.1) is 6.54 Å². The van der Waals surface area contributed by atoms with E-state index in [4.69, 9.17) is 4.84 Å². The lowest BCUT2D eigenvalue weighted by Crippen LogP contribution is -2.42. The zero-order valence-corrected chi connectivity index (χ0v) is 8.78. The number of hydrogen-bond donors (Lipinski definition) is 1. The summed E-state index contributed by atoms with van der Waals surface area (Å²) >= 11 is 0. The smallest absolute Gasteiger partial charge is 0.152 e. The summed E-state index contributed by atoms with van der Waals surface area (Å²) in [6.07, 6.45) is 2.38. The number of piperidine rings is 1. The third-order valence-corrected chi connectivity index (χ3v) is 3.23. The molecule has 2 aliphatic heterocycles. The maximum absolute atomic E-state index is 5.85. The molecule has 1 aromatic carbocycles. The minimum atomic E-state index is 0.582. The summed E-state index contributed by atoms with van der Waals surface area (Å²) in [4.78, 5) is 5.85. The summed E-state index contributed by atoms with van der Waals surface area (Å²) in [5.41, 5.74) is 1.32. The maximum Gasteiger partial charge on any atom is 0.152 e. The Morgan fingerprint density at radius 1 is 1.20 bits per heavy atom. The molecule has 0 saturated carbocycles. The Bertz CT molecular complexity index is 322. The molecule has 3 rings (SSSR count). The monoisotopic (exact) mass is 204 g/mol. The van der Waals surface area contributed by atoms with Gasteiger partial charge in [-0.2, -0.15) is 0 Å². The number of para-hydroxylation sites is 1. The first-order valence-electron chi connectivity index (χ1n) is 5.67. The first kappa shape index (κ1) is 9.19. The Balaban J connectivity index is 1.72. The quantitative estimate of drug-likeness (QED) is 0.751. The van der Waals surface area contributed by atoms with Crippen molar-refractivity contribution >= 4 is 0 Å². The van der Waals surface area contributed by atoms with E-state index in [0.717, 1.165) is 25.4 Å². The predicted molar refractivity (Wildman–Crippen MR) is 58.5 cm³/mol. The first-order valence-corrected chi connectivity index (χ1v) is 5.67. The van der Waals surface area contributed by atoms with Crippen LogP contribution in [0.25, 0.3) is 0 Å². The highest BCUT2D eigenvalue weighted by Crippen LogP contribution is 2.30. The van der Waals surface area contributed by atoms with Crippen LogP contribution in [0.1, 0.15) is 18.4 Å². The van der Waals surface area contributed by atoms with Crippen LogP contribution in [-0.4, -0.2) is 24.2 Å². The Morgan fingerprint density at radius 3 is 2.80 bits per heavy atom. The van der Waals surface area contributed by atoms with Gasteiger partial charge >= 0.3 is 0 Å². The summed E-state index contributed by atoms with van der Waals surface area (Å²) in [5.74, 6) is 1.04. The molecule has 0 bridgehead atoms. The Kier molecular flexibility index (Phi) is 2.35. The molecule has 3 nitrogen and oxygen atoms in total. The minimum Gasteiger partial charge on any atom is -0.405 e. The largest absolute Gasteiger partial charge is 0.405 e. The molecule has 0 spiro atoms. The molecule has 1 saturated heterocycles. The minimum absolute atomic E-state index is 0.582. The van der Waals surface area contributed by atoms with E-state index in [1.165, 1.54) is 18.4 Å². The number of hydroxylamine groups is 2. The van der Waals surface area contributed by atoms with Crippen molar-refractivity contribution in [1.82, 2.24) is 10.4 Å². The van der Waals surface area contributed by atoms with Gasteiger partial charge in [0.2, 0.25) is 0 Å². The van der Waals surface area contributed by atoms with Gasteiger partial charge in [0, 0.05) is 11.6 Å². The van der Waals surface area contributed by atoms with Crippen LogP contribution in [0.15, 0.2) is 24.3 Å². The molecule has 2 aliphatic rings. The van der Waals surface area contributed by atoms with E-state index in [2.05, 4.69) is 28.6 Å². The van der Waals surface area contributed by atoms with E-state index >= 15 is 0 Å². The molecule has 3 heteroatoms. The number of fused-ring (bicyclic) bond motifs is 1. The van der Waals surface area contributed by atoms with Crippen LogP contribution in [0.3, 0.4) is 0 Å². The molecule has 1 aromatic rings. The second-order valence-electron chi connectivity index (χ2n) is 4.26. The van der Waals surface area contributed by atoms with Crippen LogP contribution in [0.2, 0.25) is 0 Å². The van der Waals surface area contributed by atoms with Gasteiger partial charge in [0.25, 0.3) is 0 Å². The predicted octanol–water partition coefficient (Wildman–Crippen LogP) is 1.55. The molecule has 0 radical (unpaired) electrons. The SMILES string of the molecule is c1ccc2c(c1)CN(C1CCNCC1)O2. The highest BCUT2D eigenvalue weighted by molar-refractivity contribution is 5.35. The summed E-state index contributed by atoms with van der Waals surface area (Å²) < 4.78 is 0. The number of nitrogens with one attached hydrogen (secondary N) is 1. The van der Waals surface area contributed by atoms with Crippen LogP contribution in [-0.2, 0) is 6.54 Å². The van der Waals surface area contributed by atoms with E-state index in [9.17, 15) is 0 Å². The third kappa shape index (κ3) is 1.73. The van der Waals surface area contributed by atoms with Gasteiger partial charge in [0.1, 0.15) is 0 Å². The third-order valence-electron chi connectivity index (χ3n) is 3.23. The van der Waals surface area contributed by atoms with E-state index in [1.807, 2.05) is 6.07 Å². The highest BCUT2D eigenvalue weighted by atomic mass is 16.7. The second-order valence-corrected chi connectivity index (χ2v) is 4.26. The summed E-state index contributed by atoms with van der Waals surface area (Å²) in [6.45, 7) is 3.17. The molecule has 2 heterocycles. The molecule has 0 unspecified atom stereocenters. The van der Waals surface area contributed by atoms with Gasteiger partial charge in [0.15, 0.2) is 5.75 Å². The zero-order valence-electron chi connectivity index (χ0n) is 8.78. The van der Waals surface area contributed by atoms with Crippen LogP contribution in [0.5, 0.6) is 5.75 Å². The highest BCUT2D eigenvalue weighted by Gasteiger charge is 2.28. The van der Waals surface area contributed by atoms with Crippen molar-refractivity contribution in [3.63, 3.8) is 0 Å². The van der Waals surface area contributed by atoms with Gasteiger partial charge in [-0.15, -0.1) is 5.06 Å². The Hall–Kier alpha value is -1.06. The van der Waals surface area contributed by atoms with Crippen molar-refractivity contribution in [2.45, 2.75) is 25.4 Å². The maximum atomic E-state index is 5.85. The molecule has 15 heavy (non-hydrogen) atoms. The summed E-state index contributed by atoms with van der Waals surface area (Å²) in [5, 5.41) is 5.52. The second kappa shape index (κ2) is 3.83. The molecule has 0 aliphatic carbocycles. The Morgan fingerprint density at radius 2 is 2.00 bits per heavy atom. The standard InChI is InChI=1S/C12H16N2O/c1-2-4-12-10(3-1)9-14(15-12)11-5-7-13-8-6-11/h1-4,11,13H,5-9H2. The van der Waals surface area contributed by atoms with Gasteiger partial charge in [-0.05, 0) is 32.0 Å². The van der Waals surface area contributed by atoms with E-state index in [0.29, 0.717) is 6.04 Å². The average Bonchev–Trinajstić information content (AvgIpc) is 2.74. The number of nitrogens with zero attached hydrogens (tertiary/aromatic N) is 1. The fourth-order valence-corrected chi connectivity index (χ4v) is 2.35. The van der Waals surface area contributed by atoms with E-state index in [-0.39, 0.29) is 0 Å². The molecule has 1 N–H and O–H groups in total. The molecule has 0 amide bonds. The zero-order chi connectivity index (χ0) is 10.1. The lowest BCUT2D eigenvalue weighted by Gasteiger charge is -2.29. The number of rotatable bonds is 1. The van der Waals surface area contributed by atoms with Crippen molar-refractivity contribution in [1.29, 1.82) is 0 Å². The lowest BCUT2D eigenvalue weighted by molar-refractivity contribution is -0.0899. The Labute approximate surface area is 90.0 Å². The molecule has 1 fully saturated rings. The van der Waals surface area contributed by atoms with E-state index < -0.39 is 0 Å². The fraction of sp³-hybridized carbons (Fsp3) is 0.500. The van der Waals surface area contributed by atoms with E-state index in [1.54, 1.807) is 0 Å². The summed E-state index contributed by atoms with van der Waals surface area (Å²) in [7, 11) is 0. The van der Waals surface area contributed by atoms with Crippen molar-refractivity contribution in [2.75, 3.05) is 13.1 Å². The topological polar surface area (TPSA) is 24.5 Å². The van der Waals surface area contributed by atoms with Crippen LogP contribution < -0.4 is 10.2 Å².